The van der Waals surface area contributed by atoms with E-state index in [0.717, 1.165) is 25.0 Å². The van der Waals surface area contributed by atoms with E-state index < -0.39 is 0 Å². The number of hydrogen-bond donors (Lipinski definition) is 2. The fourth-order valence-corrected chi connectivity index (χ4v) is 4.65. The molecule has 6 nitrogen and oxygen atoms in total. The summed E-state index contributed by atoms with van der Waals surface area (Å²) in [5.74, 6) is 0.932. The van der Waals surface area contributed by atoms with Gasteiger partial charge in [-0.25, -0.2) is 4.79 Å². The minimum Gasteiger partial charge on any atom is -0.426 e. The molecule has 0 bridgehead atoms. The molecule has 0 spiro atoms. The van der Waals surface area contributed by atoms with Crippen LogP contribution in [0.4, 0.5) is 4.79 Å². The summed E-state index contributed by atoms with van der Waals surface area (Å²) < 4.78 is 5.25. The molecule has 2 aliphatic heterocycles. The van der Waals surface area contributed by atoms with E-state index in [4.69, 9.17) is 4.74 Å². The third kappa shape index (κ3) is 3.90. The molecule has 0 aliphatic carbocycles. The number of thioether (sulfide) groups is 1. The summed E-state index contributed by atoms with van der Waals surface area (Å²) in [6.45, 7) is 0. The normalized spacial score (nSPS) is 24.8. The summed E-state index contributed by atoms with van der Waals surface area (Å²) >= 11 is 1.87. The number of amides is 2. The van der Waals surface area contributed by atoms with Crippen molar-refractivity contribution < 1.29 is 19.1 Å². The zero-order chi connectivity index (χ0) is 16.9. The van der Waals surface area contributed by atoms with Crippen LogP contribution in [-0.2, 0) is 4.79 Å². The van der Waals surface area contributed by atoms with Crippen LogP contribution in [0.25, 0.3) is 0 Å². The van der Waals surface area contributed by atoms with E-state index in [1.165, 1.54) is 0 Å². The summed E-state index contributed by atoms with van der Waals surface area (Å²) in [7, 11) is 0. The fraction of sp³-hybridized carbons (Fsp3) is 0.471. The quantitative estimate of drug-likeness (QED) is 0.259. The number of fused-ring (bicyclic) bond motifs is 1. The third-order valence-corrected chi connectivity index (χ3v) is 5.84. The van der Waals surface area contributed by atoms with E-state index in [9.17, 15) is 14.4 Å². The molecule has 0 saturated carbocycles. The molecule has 2 amide bonds. The Morgan fingerprint density at radius 2 is 2.12 bits per heavy atom. The Bertz CT molecular complexity index is 637. The second-order valence-corrected chi connectivity index (χ2v) is 7.27. The van der Waals surface area contributed by atoms with E-state index >= 15 is 0 Å². The highest BCUT2D eigenvalue weighted by molar-refractivity contribution is 8.00. The minimum absolute atomic E-state index is 0.0762. The molecule has 2 N–H and O–H groups in total. The highest BCUT2D eigenvalue weighted by Crippen LogP contribution is 2.33. The maximum atomic E-state index is 11.9. The number of nitrogens with one attached hydrogen (secondary N) is 2. The van der Waals surface area contributed by atoms with Crippen LogP contribution in [0.3, 0.4) is 0 Å². The van der Waals surface area contributed by atoms with Gasteiger partial charge in [0.05, 0.1) is 17.6 Å². The average Bonchev–Trinajstić information content (AvgIpc) is 3.11. The molecule has 1 aromatic carbocycles. The van der Waals surface area contributed by atoms with E-state index in [-0.39, 0.29) is 24.1 Å². The highest BCUT2D eigenvalue weighted by atomic mass is 32.2. The first-order valence-corrected chi connectivity index (χ1v) is 9.16. The van der Waals surface area contributed by atoms with Gasteiger partial charge in [-0.05, 0) is 25.0 Å². The number of unbranched alkanes of at least 4 members (excludes halogenated alkanes) is 1. The lowest BCUT2D eigenvalue weighted by Gasteiger charge is -2.16. The summed E-state index contributed by atoms with van der Waals surface area (Å²) in [5, 5.41) is 6.29. The van der Waals surface area contributed by atoms with Crippen LogP contribution < -0.4 is 15.4 Å². The Kier molecular flexibility index (Phi) is 5.40. The Labute approximate surface area is 144 Å². The van der Waals surface area contributed by atoms with Crippen LogP contribution in [0.1, 0.15) is 36.0 Å². The number of esters is 1. The van der Waals surface area contributed by atoms with Crippen LogP contribution in [-0.4, -0.2) is 41.4 Å². The number of rotatable bonds is 7. The van der Waals surface area contributed by atoms with Gasteiger partial charge in [0.2, 0.25) is 0 Å². The molecule has 0 unspecified atom stereocenters. The van der Waals surface area contributed by atoms with Crippen LogP contribution in [0.5, 0.6) is 5.75 Å². The van der Waals surface area contributed by atoms with Crippen molar-refractivity contribution in [1.29, 1.82) is 0 Å². The Morgan fingerprint density at radius 3 is 2.96 bits per heavy atom. The van der Waals surface area contributed by atoms with Crippen molar-refractivity contribution in [1.82, 2.24) is 10.6 Å². The first-order valence-electron chi connectivity index (χ1n) is 8.11. The number of hydrogen-bond acceptors (Lipinski definition) is 5. The number of ether oxygens (including phenoxy) is 1. The summed E-state index contributed by atoms with van der Waals surface area (Å²) in [4.78, 5) is 34.1. The van der Waals surface area contributed by atoms with Gasteiger partial charge in [-0.15, -0.1) is 0 Å². The molecule has 0 radical (unpaired) electrons. The van der Waals surface area contributed by atoms with Gasteiger partial charge in [0.25, 0.3) is 0 Å². The van der Waals surface area contributed by atoms with Gasteiger partial charge in [0.15, 0.2) is 6.29 Å². The van der Waals surface area contributed by atoms with Crippen molar-refractivity contribution in [3.8, 4) is 5.75 Å². The molecule has 1 aromatic rings. The fourth-order valence-electron chi connectivity index (χ4n) is 3.10. The number of aldehydes is 1. The van der Waals surface area contributed by atoms with Gasteiger partial charge in [-0.1, -0.05) is 18.6 Å². The second kappa shape index (κ2) is 7.70. The lowest BCUT2D eigenvalue weighted by molar-refractivity contribution is -0.134. The molecule has 2 saturated heterocycles. The number of para-hydroxylation sites is 1. The van der Waals surface area contributed by atoms with E-state index in [1.807, 2.05) is 11.8 Å². The van der Waals surface area contributed by atoms with E-state index in [1.54, 1.807) is 24.3 Å². The molecule has 2 aliphatic rings. The van der Waals surface area contributed by atoms with Crippen LogP contribution in [0, 0.1) is 0 Å². The molecule has 3 rings (SSSR count). The van der Waals surface area contributed by atoms with Crippen molar-refractivity contribution >= 4 is 30.0 Å². The summed E-state index contributed by atoms with van der Waals surface area (Å²) in [6, 6.07) is 7.05. The standard InChI is InChI=1S/C17H20N2O4S/c20-9-11-5-1-2-6-13(11)23-15(21)8-4-3-7-14-16-12(10-24-14)18-17(22)19-16/h1-2,5-6,9,12,14,16H,3-4,7-8,10H2,(H2,18,19,22)/t12-,14-,16-/m0/s1. The topological polar surface area (TPSA) is 84.5 Å². The zero-order valence-electron chi connectivity index (χ0n) is 13.2. The molecule has 3 atom stereocenters. The van der Waals surface area contributed by atoms with Gasteiger partial charge < -0.3 is 15.4 Å². The van der Waals surface area contributed by atoms with Gasteiger partial charge in [0.1, 0.15) is 5.75 Å². The zero-order valence-corrected chi connectivity index (χ0v) is 14.0. The molecule has 128 valence electrons. The Morgan fingerprint density at radius 1 is 1.29 bits per heavy atom. The first kappa shape index (κ1) is 16.8. The van der Waals surface area contributed by atoms with Crippen molar-refractivity contribution in [3.63, 3.8) is 0 Å². The van der Waals surface area contributed by atoms with Gasteiger partial charge in [-0.3, -0.25) is 9.59 Å². The van der Waals surface area contributed by atoms with Crippen LogP contribution in [0.15, 0.2) is 24.3 Å². The lowest BCUT2D eigenvalue weighted by Crippen LogP contribution is -2.36. The predicted molar refractivity (Wildman–Crippen MR) is 91.4 cm³/mol. The van der Waals surface area contributed by atoms with Crippen molar-refractivity contribution in [2.75, 3.05) is 5.75 Å². The smallest absolute Gasteiger partial charge is 0.315 e. The van der Waals surface area contributed by atoms with Crippen molar-refractivity contribution in [2.45, 2.75) is 43.0 Å². The largest absolute Gasteiger partial charge is 0.426 e. The summed E-state index contributed by atoms with van der Waals surface area (Å²) in [6.07, 6.45) is 3.61. The van der Waals surface area contributed by atoms with Crippen molar-refractivity contribution in [2.24, 2.45) is 0 Å². The van der Waals surface area contributed by atoms with Crippen LogP contribution in [0.2, 0.25) is 0 Å². The van der Waals surface area contributed by atoms with Crippen LogP contribution >= 0.6 is 11.8 Å². The maximum Gasteiger partial charge on any atom is 0.315 e. The molecular weight excluding hydrogens is 328 g/mol. The molecular formula is C17H20N2O4S. The molecule has 0 aromatic heterocycles. The molecule has 2 heterocycles. The Balaban J connectivity index is 1.38. The lowest BCUT2D eigenvalue weighted by atomic mass is 10.0. The number of urea groups is 1. The van der Waals surface area contributed by atoms with Crippen molar-refractivity contribution in [3.05, 3.63) is 29.8 Å². The number of benzene rings is 1. The van der Waals surface area contributed by atoms with Gasteiger partial charge in [-0.2, -0.15) is 11.8 Å². The monoisotopic (exact) mass is 348 g/mol. The minimum atomic E-state index is -0.322. The maximum absolute atomic E-state index is 11.9. The average molecular weight is 348 g/mol. The molecule has 2 fully saturated rings. The van der Waals surface area contributed by atoms with E-state index in [2.05, 4.69) is 10.6 Å². The SMILES string of the molecule is O=Cc1ccccc1OC(=O)CCCC[C@@H]1SC[C@@H]2NC(=O)N[C@@H]21. The van der Waals surface area contributed by atoms with Gasteiger partial charge >= 0.3 is 12.0 Å². The Hall–Kier alpha value is -2.02. The van der Waals surface area contributed by atoms with E-state index in [0.29, 0.717) is 29.3 Å². The third-order valence-electron chi connectivity index (χ3n) is 4.33. The predicted octanol–water partition coefficient (Wildman–Crippen LogP) is 2.13. The molecule has 7 heteroatoms. The van der Waals surface area contributed by atoms with Gasteiger partial charge in [0, 0.05) is 17.4 Å². The number of carbonyl (C=O) groups excluding carboxylic acids is 3. The molecule has 24 heavy (non-hydrogen) atoms. The first-order chi connectivity index (χ1) is 11.7. The summed E-state index contributed by atoms with van der Waals surface area (Å²) in [5.41, 5.74) is 0.378. The highest BCUT2D eigenvalue weighted by Gasteiger charge is 2.42. The number of carbonyl (C=O) groups is 3. The second-order valence-electron chi connectivity index (χ2n) is 6.00.